The van der Waals surface area contributed by atoms with Gasteiger partial charge < -0.3 is 0 Å². The number of aryl methyl sites for hydroxylation is 1. The van der Waals surface area contributed by atoms with Crippen LogP contribution < -0.4 is 4.57 Å². The number of hydrogen-bond acceptors (Lipinski definition) is 0. The first-order valence-electron chi connectivity index (χ1n) is 4.73. The predicted octanol–water partition coefficient (Wildman–Crippen LogP) is 2.41. The van der Waals surface area contributed by atoms with Crippen LogP contribution in [0.3, 0.4) is 0 Å². The van der Waals surface area contributed by atoms with E-state index in [-0.39, 0.29) is 0 Å². The molecule has 0 radical (unpaired) electrons. The highest BCUT2D eigenvalue weighted by Gasteiger charge is 2.06. The minimum Gasteiger partial charge on any atom is -0.208 e. The summed E-state index contributed by atoms with van der Waals surface area (Å²) >= 11 is 0. The maximum absolute atomic E-state index is 2.25. The number of hydrogen-bond donors (Lipinski definition) is 0. The Balaban J connectivity index is 2.80. The number of pyridine rings is 1. The van der Waals surface area contributed by atoms with Crippen LogP contribution in [0.15, 0.2) is 24.5 Å². The summed E-state index contributed by atoms with van der Waals surface area (Å²) in [6, 6.07) is 4.44. The molecule has 0 saturated carbocycles. The molecule has 0 unspecified atom stereocenters. The Labute approximate surface area is 75.1 Å². The Morgan fingerprint density at radius 2 is 1.67 bits per heavy atom. The van der Waals surface area contributed by atoms with Gasteiger partial charge in [0, 0.05) is 12.1 Å². The van der Waals surface area contributed by atoms with Crippen molar-refractivity contribution in [1.29, 1.82) is 0 Å². The van der Waals surface area contributed by atoms with Crippen LogP contribution in [0, 0.1) is 0 Å². The van der Waals surface area contributed by atoms with Crippen LogP contribution in [0.1, 0.15) is 38.2 Å². The second-order valence-corrected chi connectivity index (χ2v) is 3.31. The van der Waals surface area contributed by atoms with Crippen LogP contribution in [0.4, 0.5) is 0 Å². The number of aromatic nitrogens is 1. The van der Waals surface area contributed by atoms with Gasteiger partial charge in [-0.15, -0.1) is 0 Å². The first-order chi connectivity index (χ1) is 5.77. The Bertz CT molecular complexity index is 221. The van der Waals surface area contributed by atoms with Gasteiger partial charge in [-0.25, -0.2) is 4.57 Å². The molecule has 1 heterocycles. The zero-order valence-electron chi connectivity index (χ0n) is 8.25. The first-order valence-corrected chi connectivity index (χ1v) is 4.73. The fraction of sp³-hybridized carbons (Fsp3) is 0.545. The molecular formula is C11H18N+. The standard InChI is InChI=1S/C11H18N/c1-4-10(5-2)11-6-8-12(3)9-7-11/h6-10H,4-5H2,1-3H3/q+1. The molecule has 0 bridgehead atoms. The van der Waals surface area contributed by atoms with Crippen LogP contribution in [0.2, 0.25) is 0 Å². The third kappa shape index (κ3) is 2.07. The third-order valence-corrected chi connectivity index (χ3v) is 2.46. The summed E-state index contributed by atoms with van der Waals surface area (Å²) < 4.78 is 2.08. The maximum atomic E-state index is 2.25. The van der Waals surface area contributed by atoms with Crippen molar-refractivity contribution in [2.24, 2.45) is 7.05 Å². The molecule has 1 nitrogen and oxygen atoms in total. The number of nitrogens with zero attached hydrogens (tertiary/aromatic N) is 1. The lowest BCUT2D eigenvalue weighted by Crippen LogP contribution is -2.26. The Hall–Kier alpha value is -0.850. The molecule has 0 spiro atoms. The van der Waals surface area contributed by atoms with Gasteiger partial charge in [0.05, 0.1) is 0 Å². The lowest BCUT2D eigenvalue weighted by Gasteiger charge is -2.10. The minimum atomic E-state index is 0.742. The van der Waals surface area contributed by atoms with Crippen molar-refractivity contribution in [2.75, 3.05) is 0 Å². The predicted molar refractivity (Wildman–Crippen MR) is 50.9 cm³/mol. The smallest absolute Gasteiger partial charge is 0.168 e. The Morgan fingerprint density at radius 3 is 2.08 bits per heavy atom. The Morgan fingerprint density at radius 1 is 1.17 bits per heavy atom. The van der Waals surface area contributed by atoms with Gasteiger partial charge in [0.25, 0.3) is 0 Å². The van der Waals surface area contributed by atoms with Crippen LogP contribution in [-0.4, -0.2) is 0 Å². The molecule has 0 aliphatic carbocycles. The largest absolute Gasteiger partial charge is 0.208 e. The molecule has 0 amide bonds. The second kappa shape index (κ2) is 4.24. The van der Waals surface area contributed by atoms with Gasteiger partial charge in [0.2, 0.25) is 0 Å². The van der Waals surface area contributed by atoms with Gasteiger partial charge >= 0.3 is 0 Å². The van der Waals surface area contributed by atoms with E-state index in [0.717, 1.165) is 5.92 Å². The highest BCUT2D eigenvalue weighted by molar-refractivity contribution is 5.13. The molecule has 1 aromatic rings. The molecule has 1 heteroatoms. The summed E-state index contributed by atoms with van der Waals surface area (Å²) in [5, 5.41) is 0. The van der Waals surface area contributed by atoms with Gasteiger partial charge in [-0.3, -0.25) is 0 Å². The van der Waals surface area contributed by atoms with Gasteiger partial charge in [-0.05, 0) is 24.3 Å². The summed E-state index contributed by atoms with van der Waals surface area (Å²) in [5.41, 5.74) is 1.47. The summed E-state index contributed by atoms with van der Waals surface area (Å²) in [5.74, 6) is 0.742. The van der Waals surface area contributed by atoms with Crippen molar-refractivity contribution in [3.05, 3.63) is 30.1 Å². The van der Waals surface area contributed by atoms with Crippen molar-refractivity contribution in [3.8, 4) is 0 Å². The molecule has 1 aromatic heterocycles. The van der Waals surface area contributed by atoms with Crippen molar-refractivity contribution in [3.63, 3.8) is 0 Å². The summed E-state index contributed by atoms with van der Waals surface area (Å²) in [6.45, 7) is 4.50. The fourth-order valence-corrected chi connectivity index (χ4v) is 1.54. The van der Waals surface area contributed by atoms with Crippen molar-refractivity contribution < 1.29 is 4.57 Å². The average molecular weight is 164 g/mol. The van der Waals surface area contributed by atoms with E-state index < -0.39 is 0 Å². The van der Waals surface area contributed by atoms with Gasteiger partial charge in [0.1, 0.15) is 7.05 Å². The second-order valence-electron chi connectivity index (χ2n) is 3.31. The Kier molecular flexibility index (Phi) is 3.27. The van der Waals surface area contributed by atoms with E-state index in [4.69, 9.17) is 0 Å². The third-order valence-electron chi connectivity index (χ3n) is 2.46. The van der Waals surface area contributed by atoms with Gasteiger partial charge in [-0.1, -0.05) is 13.8 Å². The van der Waals surface area contributed by atoms with Crippen molar-refractivity contribution in [2.45, 2.75) is 32.6 Å². The topological polar surface area (TPSA) is 3.88 Å². The van der Waals surface area contributed by atoms with Gasteiger partial charge in [0.15, 0.2) is 12.4 Å². The van der Waals surface area contributed by atoms with Crippen LogP contribution in [0.5, 0.6) is 0 Å². The molecule has 0 atom stereocenters. The minimum absolute atomic E-state index is 0.742. The molecule has 66 valence electrons. The SMILES string of the molecule is CCC(CC)c1cc[n+](C)cc1. The summed E-state index contributed by atoms with van der Waals surface area (Å²) in [7, 11) is 2.05. The van der Waals surface area contributed by atoms with Crippen molar-refractivity contribution in [1.82, 2.24) is 0 Å². The zero-order valence-corrected chi connectivity index (χ0v) is 8.25. The maximum Gasteiger partial charge on any atom is 0.168 e. The highest BCUT2D eigenvalue weighted by Crippen LogP contribution is 2.21. The zero-order chi connectivity index (χ0) is 8.97. The summed E-state index contributed by atoms with van der Waals surface area (Å²) in [6.07, 6.45) is 6.72. The van der Waals surface area contributed by atoms with Crippen LogP contribution >= 0.6 is 0 Å². The first kappa shape index (κ1) is 9.24. The lowest BCUT2D eigenvalue weighted by molar-refractivity contribution is -0.671. The molecular weight excluding hydrogens is 146 g/mol. The highest BCUT2D eigenvalue weighted by atomic mass is 14.9. The molecule has 0 aromatic carbocycles. The molecule has 12 heavy (non-hydrogen) atoms. The average Bonchev–Trinajstić information content (AvgIpc) is 2.10. The number of rotatable bonds is 3. The fourth-order valence-electron chi connectivity index (χ4n) is 1.54. The van der Waals surface area contributed by atoms with E-state index in [2.05, 4.69) is 50.0 Å². The van der Waals surface area contributed by atoms with Crippen LogP contribution in [-0.2, 0) is 7.05 Å². The molecule has 0 saturated heterocycles. The van der Waals surface area contributed by atoms with E-state index in [0.29, 0.717) is 0 Å². The van der Waals surface area contributed by atoms with E-state index in [1.807, 2.05) is 0 Å². The molecule has 0 aliphatic heterocycles. The molecule has 0 aliphatic rings. The van der Waals surface area contributed by atoms with E-state index in [1.54, 1.807) is 0 Å². The van der Waals surface area contributed by atoms with Crippen molar-refractivity contribution >= 4 is 0 Å². The molecule has 1 rings (SSSR count). The normalized spacial score (nSPS) is 10.7. The van der Waals surface area contributed by atoms with Crippen LogP contribution in [0.25, 0.3) is 0 Å². The molecule has 0 N–H and O–H groups in total. The lowest BCUT2D eigenvalue weighted by atomic mass is 9.95. The monoisotopic (exact) mass is 164 g/mol. The van der Waals surface area contributed by atoms with Gasteiger partial charge in [-0.2, -0.15) is 0 Å². The summed E-state index contributed by atoms with van der Waals surface area (Å²) in [4.78, 5) is 0. The quantitative estimate of drug-likeness (QED) is 0.604. The van der Waals surface area contributed by atoms with E-state index in [1.165, 1.54) is 18.4 Å². The van der Waals surface area contributed by atoms with E-state index in [9.17, 15) is 0 Å². The molecule has 0 fully saturated rings. The van der Waals surface area contributed by atoms with E-state index >= 15 is 0 Å².